The molecule has 2 aliphatic rings. The van der Waals surface area contributed by atoms with Crippen molar-refractivity contribution in [1.82, 2.24) is 10.6 Å². The Morgan fingerprint density at radius 1 is 1.09 bits per heavy atom. The highest BCUT2D eigenvalue weighted by Crippen LogP contribution is 2.44. The molecule has 3 N–H and O–H groups in total. The Kier molecular flexibility index (Phi) is 7.16. The second kappa shape index (κ2) is 10.1. The number of rotatable bonds is 10. The highest BCUT2D eigenvalue weighted by Gasteiger charge is 2.49. The van der Waals surface area contributed by atoms with Crippen LogP contribution in [0.5, 0.6) is 0 Å². The number of carboxylic acid groups (broad SMARTS) is 1. The summed E-state index contributed by atoms with van der Waals surface area (Å²) in [4.78, 5) is 37.5. The molecule has 1 saturated carbocycles. The molecule has 0 aliphatic heterocycles. The fraction of sp³-hybridized carbons (Fsp3) is 0.423. The van der Waals surface area contributed by atoms with Crippen molar-refractivity contribution in [3.05, 3.63) is 59.7 Å². The topological polar surface area (TPSA) is 105 Å². The molecule has 180 valence electrons. The van der Waals surface area contributed by atoms with Crippen molar-refractivity contribution in [1.29, 1.82) is 0 Å². The van der Waals surface area contributed by atoms with E-state index in [1.54, 1.807) is 6.92 Å². The number of benzene rings is 2. The van der Waals surface area contributed by atoms with Gasteiger partial charge >= 0.3 is 12.1 Å². The van der Waals surface area contributed by atoms with Gasteiger partial charge in [-0.1, -0.05) is 48.5 Å². The number of nitrogens with one attached hydrogen (secondary N) is 2. The Hall–Kier alpha value is -3.00. The predicted octanol–water partition coefficient (Wildman–Crippen LogP) is 4.02. The van der Waals surface area contributed by atoms with Crippen LogP contribution in [0.15, 0.2) is 48.5 Å². The van der Waals surface area contributed by atoms with Crippen molar-refractivity contribution in [2.75, 3.05) is 18.6 Å². The highest BCUT2D eigenvalue weighted by atomic mass is 32.2. The van der Waals surface area contributed by atoms with Crippen LogP contribution in [0, 0.1) is 5.92 Å². The normalized spacial score (nSPS) is 17.1. The first-order valence-corrected chi connectivity index (χ1v) is 12.9. The van der Waals surface area contributed by atoms with Gasteiger partial charge in [0, 0.05) is 5.92 Å². The standard InChI is InChI=1S/C26H30N2O5S/c1-26(16-11-12-16,24(31)27-22(23(29)30)13-14-34-2)28-25(32)33-15-21-19-9-5-3-7-17(19)18-8-4-6-10-20(18)21/h3-10,16,21-22H,11-15H2,1-2H3,(H,27,31)(H,28,32)(H,29,30)/t22-,26?/m1/s1. The summed E-state index contributed by atoms with van der Waals surface area (Å²) >= 11 is 1.52. The fourth-order valence-corrected chi connectivity index (χ4v) is 5.12. The molecule has 2 aromatic carbocycles. The third kappa shape index (κ3) is 4.92. The van der Waals surface area contributed by atoms with Crippen molar-refractivity contribution in [3.63, 3.8) is 0 Å². The number of hydrogen-bond donors (Lipinski definition) is 3. The molecule has 7 nitrogen and oxygen atoms in total. The maximum Gasteiger partial charge on any atom is 0.408 e. The maximum atomic E-state index is 13.1. The molecule has 0 radical (unpaired) electrons. The maximum absolute atomic E-state index is 13.1. The summed E-state index contributed by atoms with van der Waals surface area (Å²) in [6, 6.07) is 15.2. The van der Waals surface area contributed by atoms with Crippen LogP contribution in [0.25, 0.3) is 11.1 Å². The van der Waals surface area contributed by atoms with Crippen LogP contribution < -0.4 is 10.6 Å². The molecular formula is C26H30N2O5S. The predicted molar refractivity (Wildman–Crippen MR) is 132 cm³/mol. The van der Waals surface area contributed by atoms with Crippen molar-refractivity contribution < 1.29 is 24.2 Å². The van der Waals surface area contributed by atoms with Crippen LogP contribution >= 0.6 is 11.8 Å². The average molecular weight is 483 g/mol. The van der Waals surface area contributed by atoms with E-state index in [9.17, 15) is 19.5 Å². The summed E-state index contributed by atoms with van der Waals surface area (Å²) in [6.07, 6.45) is 3.09. The van der Waals surface area contributed by atoms with Gasteiger partial charge in [0.15, 0.2) is 0 Å². The van der Waals surface area contributed by atoms with Crippen LogP contribution in [0.1, 0.15) is 43.2 Å². The molecule has 1 fully saturated rings. The molecule has 0 spiro atoms. The molecule has 2 aliphatic carbocycles. The molecule has 0 saturated heterocycles. The van der Waals surface area contributed by atoms with Crippen LogP contribution in [0.4, 0.5) is 4.79 Å². The number of alkyl carbamates (subject to hydrolysis) is 1. The van der Waals surface area contributed by atoms with E-state index >= 15 is 0 Å². The Labute approximate surface area is 203 Å². The first kappa shape index (κ1) is 24.1. The minimum Gasteiger partial charge on any atom is -0.480 e. The van der Waals surface area contributed by atoms with Crippen LogP contribution in [-0.4, -0.2) is 53.3 Å². The third-order valence-corrected chi connectivity index (χ3v) is 7.43. The van der Waals surface area contributed by atoms with Gasteiger partial charge in [0.2, 0.25) is 5.91 Å². The quantitative estimate of drug-likeness (QED) is 0.473. The summed E-state index contributed by atoms with van der Waals surface area (Å²) < 4.78 is 5.63. The van der Waals surface area contributed by atoms with E-state index in [1.165, 1.54) is 11.8 Å². The number of aliphatic carboxylic acids is 1. The number of carbonyl (C=O) groups excluding carboxylic acids is 2. The number of fused-ring (bicyclic) bond motifs is 3. The fourth-order valence-electron chi connectivity index (χ4n) is 4.65. The van der Waals surface area contributed by atoms with Crippen LogP contribution in [0.3, 0.4) is 0 Å². The van der Waals surface area contributed by atoms with Crippen LogP contribution in [0.2, 0.25) is 0 Å². The molecule has 0 aromatic heterocycles. The number of carboxylic acids is 1. The lowest BCUT2D eigenvalue weighted by Gasteiger charge is -2.31. The lowest BCUT2D eigenvalue weighted by atomic mass is 9.94. The first-order chi connectivity index (χ1) is 16.3. The lowest BCUT2D eigenvalue weighted by molar-refractivity contribution is -0.143. The molecule has 2 aromatic rings. The van der Waals surface area contributed by atoms with Crippen molar-refractivity contribution in [2.45, 2.75) is 43.7 Å². The summed E-state index contributed by atoms with van der Waals surface area (Å²) in [5.74, 6) is -1.10. The highest BCUT2D eigenvalue weighted by molar-refractivity contribution is 7.98. The molecule has 34 heavy (non-hydrogen) atoms. The van der Waals surface area contributed by atoms with E-state index in [0.29, 0.717) is 12.2 Å². The number of thioether (sulfide) groups is 1. The number of ether oxygens (including phenoxy) is 1. The molecule has 2 amide bonds. The number of carbonyl (C=O) groups is 3. The van der Waals surface area contributed by atoms with E-state index in [1.807, 2.05) is 42.7 Å². The molecule has 8 heteroatoms. The first-order valence-electron chi connectivity index (χ1n) is 11.5. The largest absolute Gasteiger partial charge is 0.480 e. The van der Waals surface area contributed by atoms with Gasteiger partial charge in [-0.15, -0.1) is 0 Å². The van der Waals surface area contributed by atoms with Gasteiger partial charge in [0.05, 0.1) is 0 Å². The van der Waals surface area contributed by atoms with Crippen molar-refractivity contribution >= 4 is 29.7 Å². The Morgan fingerprint density at radius 2 is 1.68 bits per heavy atom. The minimum absolute atomic E-state index is 0.0528. The molecule has 1 unspecified atom stereocenters. The zero-order chi connectivity index (χ0) is 24.3. The summed E-state index contributed by atoms with van der Waals surface area (Å²) in [5, 5.41) is 14.9. The molecule has 4 rings (SSSR count). The van der Waals surface area contributed by atoms with E-state index in [2.05, 4.69) is 22.8 Å². The minimum atomic E-state index is -1.23. The second-order valence-electron chi connectivity index (χ2n) is 9.07. The van der Waals surface area contributed by atoms with Crippen molar-refractivity contribution in [3.8, 4) is 11.1 Å². The zero-order valence-corrected chi connectivity index (χ0v) is 20.2. The second-order valence-corrected chi connectivity index (χ2v) is 10.1. The van der Waals surface area contributed by atoms with Gasteiger partial charge in [-0.25, -0.2) is 9.59 Å². The van der Waals surface area contributed by atoms with Crippen LogP contribution in [-0.2, 0) is 14.3 Å². The van der Waals surface area contributed by atoms with Gasteiger partial charge < -0.3 is 20.5 Å². The van der Waals surface area contributed by atoms with Gasteiger partial charge in [-0.05, 0) is 66.4 Å². The number of amides is 2. The van der Waals surface area contributed by atoms with E-state index in [-0.39, 0.29) is 18.4 Å². The zero-order valence-electron chi connectivity index (χ0n) is 19.4. The number of hydrogen-bond acceptors (Lipinski definition) is 5. The van der Waals surface area contributed by atoms with Gasteiger partial charge in [-0.3, -0.25) is 4.79 Å². The summed E-state index contributed by atoms with van der Waals surface area (Å²) in [7, 11) is 0. The Bertz CT molecular complexity index is 1040. The average Bonchev–Trinajstić information content (AvgIpc) is 3.64. The molecule has 0 bridgehead atoms. The van der Waals surface area contributed by atoms with E-state index < -0.39 is 29.6 Å². The van der Waals surface area contributed by atoms with E-state index in [0.717, 1.165) is 35.1 Å². The van der Waals surface area contributed by atoms with Gasteiger partial charge in [0.25, 0.3) is 0 Å². The van der Waals surface area contributed by atoms with Crippen molar-refractivity contribution in [2.24, 2.45) is 5.92 Å². The summed E-state index contributed by atoms with van der Waals surface area (Å²) in [6.45, 7) is 1.79. The van der Waals surface area contributed by atoms with E-state index in [4.69, 9.17) is 4.74 Å². The van der Waals surface area contributed by atoms with Gasteiger partial charge in [0.1, 0.15) is 18.2 Å². The monoisotopic (exact) mass is 482 g/mol. The Balaban J connectivity index is 1.43. The summed E-state index contributed by atoms with van der Waals surface area (Å²) in [5.41, 5.74) is 3.27. The molecule has 0 heterocycles. The lowest BCUT2D eigenvalue weighted by Crippen LogP contribution is -2.61. The Morgan fingerprint density at radius 3 is 2.21 bits per heavy atom. The van der Waals surface area contributed by atoms with Gasteiger partial charge in [-0.2, -0.15) is 11.8 Å². The third-order valence-electron chi connectivity index (χ3n) is 6.79. The smallest absolute Gasteiger partial charge is 0.408 e. The SMILES string of the molecule is CSCC[C@@H](NC(=O)C(C)(NC(=O)OCC1c2ccccc2-c2ccccc21)C1CC1)C(=O)O. The molecule has 2 atom stereocenters. The molecular weight excluding hydrogens is 452 g/mol.